The number of hydrazone groups is 1. The van der Waals surface area contributed by atoms with E-state index in [4.69, 9.17) is 26.2 Å². The summed E-state index contributed by atoms with van der Waals surface area (Å²) in [4.78, 5) is 13.8. The third-order valence-electron chi connectivity index (χ3n) is 6.85. The van der Waals surface area contributed by atoms with Crippen LogP contribution in [0.1, 0.15) is 60.6 Å². The standard InChI is InChI=1S/C31H31ClN2O3/c1-3-36-26-15-11-21(12-16-26)19-23-7-6-10-28-29(23)33-34(31(35)24-8-5-9-25(32)20-24)30(28)22-13-17-27(18-14-22)37-4-2/h5,8-9,11-20,28,30H,3-4,6-7,10H2,1-2H3/b23-19+/t28-,30-/m1/s1. The summed E-state index contributed by atoms with van der Waals surface area (Å²) in [5, 5.41) is 7.19. The van der Waals surface area contributed by atoms with Crippen molar-refractivity contribution < 1.29 is 14.3 Å². The van der Waals surface area contributed by atoms with Gasteiger partial charge in [0.25, 0.3) is 5.91 Å². The zero-order valence-electron chi connectivity index (χ0n) is 21.2. The van der Waals surface area contributed by atoms with E-state index in [0.717, 1.165) is 47.6 Å². The lowest BCUT2D eigenvalue weighted by Gasteiger charge is -2.30. The average Bonchev–Trinajstić information content (AvgIpc) is 3.31. The van der Waals surface area contributed by atoms with Gasteiger partial charge in [0, 0.05) is 16.5 Å². The Bertz CT molecular complexity index is 1320. The molecule has 1 amide bonds. The van der Waals surface area contributed by atoms with Gasteiger partial charge >= 0.3 is 0 Å². The first kappa shape index (κ1) is 25.1. The number of halogens is 1. The molecule has 6 heteroatoms. The second-order valence-electron chi connectivity index (χ2n) is 9.26. The van der Waals surface area contributed by atoms with E-state index in [9.17, 15) is 4.79 Å². The first-order valence-corrected chi connectivity index (χ1v) is 13.3. The van der Waals surface area contributed by atoms with Crippen molar-refractivity contribution in [2.75, 3.05) is 13.2 Å². The van der Waals surface area contributed by atoms with Crippen molar-refractivity contribution >= 4 is 29.3 Å². The number of hydrogen-bond donors (Lipinski definition) is 0. The van der Waals surface area contributed by atoms with Crippen LogP contribution in [0.2, 0.25) is 5.02 Å². The zero-order chi connectivity index (χ0) is 25.8. The van der Waals surface area contributed by atoms with Crippen LogP contribution in [0.5, 0.6) is 11.5 Å². The van der Waals surface area contributed by atoms with Crippen LogP contribution >= 0.6 is 11.6 Å². The Balaban J connectivity index is 1.52. The SMILES string of the molecule is CCOc1ccc(/C=C2\CCC[C@@H]3C2=NN(C(=O)c2cccc(Cl)c2)[C@@H]3c2ccc(OCC)cc2)cc1. The number of nitrogens with zero attached hydrogens (tertiary/aromatic N) is 2. The van der Waals surface area contributed by atoms with Gasteiger partial charge in [-0.1, -0.05) is 41.9 Å². The summed E-state index contributed by atoms with van der Waals surface area (Å²) in [5.74, 6) is 1.64. The Hall–Kier alpha value is -3.57. The highest BCUT2D eigenvalue weighted by Crippen LogP contribution is 2.45. The van der Waals surface area contributed by atoms with E-state index in [1.165, 1.54) is 5.57 Å². The summed E-state index contributed by atoms with van der Waals surface area (Å²) in [6, 6.07) is 23.0. The van der Waals surface area contributed by atoms with E-state index in [2.05, 4.69) is 30.3 Å². The molecule has 190 valence electrons. The van der Waals surface area contributed by atoms with Gasteiger partial charge in [0.05, 0.1) is 25.0 Å². The second-order valence-corrected chi connectivity index (χ2v) is 9.70. The minimum Gasteiger partial charge on any atom is -0.494 e. The van der Waals surface area contributed by atoms with Crippen LogP contribution < -0.4 is 9.47 Å². The molecule has 1 saturated carbocycles. The topological polar surface area (TPSA) is 51.1 Å². The highest BCUT2D eigenvalue weighted by atomic mass is 35.5. The summed E-state index contributed by atoms with van der Waals surface area (Å²) in [6.07, 6.45) is 5.14. The van der Waals surface area contributed by atoms with Gasteiger partial charge in [0.2, 0.25) is 0 Å². The van der Waals surface area contributed by atoms with Crippen LogP contribution in [-0.4, -0.2) is 29.8 Å². The molecule has 1 heterocycles. The zero-order valence-corrected chi connectivity index (χ0v) is 21.9. The van der Waals surface area contributed by atoms with Crippen LogP contribution in [0.3, 0.4) is 0 Å². The highest BCUT2D eigenvalue weighted by Gasteiger charge is 2.44. The molecule has 0 bridgehead atoms. The molecule has 3 aromatic rings. The molecule has 37 heavy (non-hydrogen) atoms. The molecule has 1 fully saturated rings. The molecule has 0 unspecified atom stereocenters. The lowest BCUT2D eigenvalue weighted by molar-refractivity contribution is 0.0681. The predicted molar refractivity (Wildman–Crippen MR) is 148 cm³/mol. The molecular formula is C31H31ClN2O3. The summed E-state index contributed by atoms with van der Waals surface area (Å²) in [5.41, 5.74) is 4.85. The van der Waals surface area contributed by atoms with E-state index in [-0.39, 0.29) is 17.9 Å². The Kier molecular flexibility index (Phi) is 7.61. The van der Waals surface area contributed by atoms with Crippen molar-refractivity contribution in [1.29, 1.82) is 0 Å². The maximum atomic E-state index is 13.8. The Labute approximate surface area is 223 Å². The Morgan fingerprint density at radius 2 is 1.68 bits per heavy atom. The van der Waals surface area contributed by atoms with Gasteiger partial charge in [-0.05, 0) is 98.4 Å². The third kappa shape index (κ3) is 5.42. The van der Waals surface area contributed by atoms with Gasteiger partial charge in [-0.15, -0.1) is 0 Å². The fourth-order valence-corrected chi connectivity index (χ4v) is 5.40. The molecule has 3 aromatic carbocycles. The fourth-order valence-electron chi connectivity index (χ4n) is 5.21. The van der Waals surface area contributed by atoms with E-state index < -0.39 is 0 Å². The monoisotopic (exact) mass is 514 g/mol. The van der Waals surface area contributed by atoms with Crippen molar-refractivity contribution in [3.63, 3.8) is 0 Å². The van der Waals surface area contributed by atoms with E-state index >= 15 is 0 Å². The van der Waals surface area contributed by atoms with E-state index in [0.29, 0.717) is 23.8 Å². The molecule has 0 spiro atoms. The number of benzene rings is 3. The molecule has 2 atom stereocenters. The molecule has 1 aliphatic carbocycles. The van der Waals surface area contributed by atoms with Gasteiger partial charge in [-0.25, -0.2) is 5.01 Å². The van der Waals surface area contributed by atoms with Crippen LogP contribution in [0.15, 0.2) is 83.5 Å². The average molecular weight is 515 g/mol. The molecule has 0 aromatic heterocycles. The normalized spacial score (nSPS) is 19.9. The summed E-state index contributed by atoms with van der Waals surface area (Å²) < 4.78 is 11.2. The molecule has 1 aliphatic heterocycles. The molecule has 0 radical (unpaired) electrons. The first-order chi connectivity index (χ1) is 18.1. The molecule has 0 saturated heterocycles. The number of allylic oxidation sites excluding steroid dienone is 1. The highest BCUT2D eigenvalue weighted by molar-refractivity contribution is 6.31. The lowest BCUT2D eigenvalue weighted by Crippen LogP contribution is -2.31. The van der Waals surface area contributed by atoms with E-state index in [1.807, 2.05) is 38.1 Å². The number of carbonyl (C=O) groups excluding carboxylic acids is 1. The molecule has 5 rings (SSSR count). The minimum absolute atomic E-state index is 0.115. The van der Waals surface area contributed by atoms with Crippen molar-refractivity contribution in [3.8, 4) is 11.5 Å². The number of rotatable bonds is 7. The molecule has 0 N–H and O–H groups in total. The lowest BCUT2D eigenvalue weighted by atomic mass is 9.77. The number of hydrogen-bond acceptors (Lipinski definition) is 4. The maximum absolute atomic E-state index is 13.8. The molecule has 5 nitrogen and oxygen atoms in total. The minimum atomic E-state index is -0.193. The van der Waals surface area contributed by atoms with Crippen molar-refractivity contribution in [3.05, 3.63) is 100 Å². The van der Waals surface area contributed by atoms with Gasteiger partial charge in [0.1, 0.15) is 11.5 Å². The molecular weight excluding hydrogens is 484 g/mol. The van der Waals surface area contributed by atoms with Crippen LogP contribution in [-0.2, 0) is 0 Å². The van der Waals surface area contributed by atoms with Crippen molar-refractivity contribution in [2.24, 2.45) is 11.0 Å². The third-order valence-corrected chi connectivity index (χ3v) is 7.08. The molecule has 2 aliphatic rings. The van der Waals surface area contributed by atoms with Crippen LogP contribution in [0.25, 0.3) is 6.08 Å². The van der Waals surface area contributed by atoms with Gasteiger partial charge in [0.15, 0.2) is 0 Å². The number of fused-ring (bicyclic) bond motifs is 1. The summed E-state index contributed by atoms with van der Waals surface area (Å²) in [6.45, 7) is 5.20. The van der Waals surface area contributed by atoms with Crippen molar-refractivity contribution in [2.45, 2.75) is 39.2 Å². The summed E-state index contributed by atoms with van der Waals surface area (Å²) >= 11 is 6.22. The largest absolute Gasteiger partial charge is 0.494 e. The van der Waals surface area contributed by atoms with Gasteiger partial charge < -0.3 is 9.47 Å². The number of carbonyl (C=O) groups is 1. The fraction of sp³-hybridized carbons (Fsp3) is 0.290. The number of ether oxygens (including phenoxy) is 2. The Morgan fingerprint density at radius 3 is 2.32 bits per heavy atom. The quantitative estimate of drug-likeness (QED) is 0.326. The maximum Gasteiger partial charge on any atom is 0.274 e. The van der Waals surface area contributed by atoms with Crippen molar-refractivity contribution in [1.82, 2.24) is 5.01 Å². The second kappa shape index (κ2) is 11.2. The van der Waals surface area contributed by atoms with Crippen LogP contribution in [0.4, 0.5) is 0 Å². The Morgan fingerprint density at radius 1 is 1.00 bits per heavy atom. The van der Waals surface area contributed by atoms with E-state index in [1.54, 1.807) is 29.3 Å². The van der Waals surface area contributed by atoms with Crippen LogP contribution in [0, 0.1) is 5.92 Å². The summed E-state index contributed by atoms with van der Waals surface area (Å²) in [7, 11) is 0. The smallest absolute Gasteiger partial charge is 0.274 e. The predicted octanol–water partition coefficient (Wildman–Crippen LogP) is 7.57. The number of amides is 1. The first-order valence-electron chi connectivity index (χ1n) is 12.9. The van der Waals surface area contributed by atoms with Gasteiger partial charge in [-0.3, -0.25) is 4.79 Å². The van der Waals surface area contributed by atoms with Gasteiger partial charge in [-0.2, -0.15) is 5.10 Å².